The van der Waals surface area contributed by atoms with E-state index in [0.717, 1.165) is 24.9 Å². The van der Waals surface area contributed by atoms with E-state index >= 15 is 0 Å². The summed E-state index contributed by atoms with van der Waals surface area (Å²) < 4.78 is 5.49. The Bertz CT molecular complexity index is 462. The summed E-state index contributed by atoms with van der Waals surface area (Å²) in [6, 6.07) is 5.48. The maximum Gasteiger partial charge on any atom is 0.311 e. The molecule has 6 heteroatoms. The fraction of sp³-hybridized carbons (Fsp3) is 0.571. The van der Waals surface area contributed by atoms with Crippen molar-refractivity contribution in [2.45, 2.75) is 32.2 Å². The Kier molecular flexibility index (Phi) is 5.52. The number of benzene rings is 1. The molecular formula is C14H20N2O3S. The fourth-order valence-corrected chi connectivity index (χ4v) is 3.27. The molecule has 1 N–H and O–H groups in total. The highest BCUT2D eigenvalue weighted by Gasteiger charge is 2.18. The monoisotopic (exact) mass is 296 g/mol. The lowest BCUT2D eigenvalue weighted by Gasteiger charge is -2.23. The van der Waals surface area contributed by atoms with Crippen LogP contribution in [0.3, 0.4) is 0 Å². The summed E-state index contributed by atoms with van der Waals surface area (Å²) >= 11 is 1.98. The topological polar surface area (TPSA) is 64.4 Å². The zero-order valence-corrected chi connectivity index (χ0v) is 12.4. The smallest absolute Gasteiger partial charge is 0.311 e. The lowest BCUT2D eigenvalue weighted by molar-refractivity contribution is -0.385. The standard InChI is InChI=1S/C14H20N2O3S/c1-2-7-19-14-10-12(3-4-13(14)16(17)18)15-11-5-8-20-9-6-11/h3-4,10-11,15H,2,5-9H2,1H3. The highest BCUT2D eigenvalue weighted by atomic mass is 32.2. The van der Waals surface area contributed by atoms with Crippen LogP contribution in [0.5, 0.6) is 5.75 Å². The normalized spacial score (nSPS) is 15.8. The summed E-state index contributed by atoms with van der Waals surface area (Å²) in [4.78, 5) is 10.6. The minimum Gasteiger partial charge on any atom is -0.487 e. The summed E-state index contributed by atoms with van der Waals surface area (Å²) in [5.74, 6) is 2.69. The lowest BCUT2D eigenvalue weighted by atomic mass is 10.1. The molecule has 0 amide bonds. The van der Waals surface area contributed by atoms with Crippen LogP contribution in [-0.4, -0.2) is 29.1 Å². The number of nitro benzene ring substituents is 1. The lowest BCUT2D eigenvalue weighted by Crippen LogP contribution is -2.24. The van der Waals surface area contributed by atoms with Crippen molar-refractivity contribution in [3.63, 3.8) is 0 Å². The first-order valence-corrected chi connectivity index (χ1v) is 8.11. The number of hydrogen-bond donors (Lipinski definition) is 1. The Hall–Kier alpha value is -1.43. The number of nitrogens with one attached hydrogen (secondary N) is 1. The Morgan fingerprint density at radius 3 is 2.85 bits per heavy atom. The van der Waals surface area contributed by atoms with Gasteiger partial charge in [0.1, 0.15) is 0 Å². The van der Waals surface area contributed by atoms with Gasteiger partial charge in [-0.1, -0.05) is 6.92 Å². The molecule has 0 bridgehead atoms. The van der Waals surface area contributed by atoms with Crippen LogP contribution in [0.4, 0.5) is 11.4 Å². The highest BCUT2D eigenvalue weighted by molar-refractivity contribution is 7.99. The molecule has 1 aromatic rings. The maximum absolute atomic E-state index is 11.0. The number of hydrogen-bond acceptors (Lipinski definition) is 5. The van der Waals surface area contributed by atoms with E-state index < -0.39 is 4.92 Å². The van der Waals surface area contributed by atoms with E-state index in [-0.39, 0.29) is 5.69 Å². The van der Waals surface area contributed by atoms with E-state index in [2.05, 4.69) is 5.32 Å². The van der Waals surface area contributed by atoms with E-state index in [4.69, 9.17) is 4.74 Å². The Labute approximate surface area is 123 Å². The number of ether oxygens (including phenoxy) is 1. The van der Waals surface area contributed by atoms with Gasteiger partial charge in [-0.15, -0.1) is 0 Å². The molecule has 0 unspecified atom stereocenters. The molecule has 2 rings (SSSR count). The van der Waals surface area contributed by atoms with Crippen molar-refractivity contribution in [1.29, 1.82) is 0 Å². The zero-order valence-electron chi connectivity index (χ0n) is 11.6. The number of anilines is 1. The average molecular weight is 296 g/mol. The van der Waals surface area contributed by atoms with E-state index in [1.165, 1.54) is 17.6 Å². The molecule has 1 aromatic carbocycles. The first-order chi connectivity index (χ1) is 9.70. The number of rotatable bonds is 6. The molecule has 1 aliphatic rings. The van der Waals surface area contributed by atoms with E-state index in [1.807, 2.05) is 18.7 Å². The molecule has 110 valence electrons. The number of thioether (sulfide) groups is 1. The van der Waals surface area contributed by atoms with Gasteiger partial charge < -0.3 is 10.1 Å². The van der Waals surface area contributed by atoms with Gasteiger partial charge in [-0.3, -0.25) is 10.1 Å². The van der Waals surface area contributed by atoms with Gasteiger partial charge in [-0.25, -0.2) is 0 Å². The first kappa shape index (κ1) is 15.0. The molecule has 1 aliphatic heterocycles. The van der Waals surface area contributed by atoms with Crippen molar-refractivity contribution in [3.8, 4) is 5.75 Å². The van der Waals surface area contributed by atoms with Crippen molar-refractivity contribution in [2.24, 2.45) is 0 Å². The third-order valence-electron chi connectivity index (χ3n) is 3.21. The Morgan fingerprint density at radius 2 is 2.20 bits per heavy atom. The molecule has 0 radical (unpaired) electrons. The molecule has 0 saturated carbocycles. The van der Waals surface area contributed by atoms with Crippen LogP contribution in [0.25, 0.3) is 0 Å². The van der Waals surface area contributed by atoms with Crippen molar-refractivity contribution < 1.29 is 9.66 Å². The summed E-state index contributed by atoms with van der Waals surface area (Å²) in [6.07, 6.45) is 3.09. The Morgan fingerprint density at radius 1 is 1.45 bits per heavy atom. The first-order valence-electron chi connectivity index (χ1n) is 6.96. The third-order valence-corrected chi connectivity index (χ3v) is 4.26. The van der Waals surface area contributed by atoms with Crippen LogP contribution >= 0.6 is 11.8 Å². The third kappa shape index (κ3) is 4.03. The van der Waals surface area contributed by atoms with Gasteiger partial charge in [0, 0.05) is 23.9 Å². The van der Waals surface area contributed by atoms with Gasteiger partial charge in [-0.05, 0) is 36.8 Å². The second-order valence-corrected chi connectivity index (χ2v) is 6.04. The van der Waals surface area contributed by atoms with Gasteiger partial charge in [-0.2, -0.15) is 11.8 Å². The average Bonchev–Trinajstić information content (AvgIpc) is 2.46. The molecule has 0 spiro atoms. The van der Waals surface area contributed by atoms with Crippen molar-refractivity contribution in [3.05, 3.63) is 28.3 Å². The molecule has 5 nitrogen and oxygen atoms in total. The minimum atomic E-state index is -0.397. The second-order valence-electron chi connectivity index (χ2n) is 4.82. The quantitative estimate of drug-likeness (QED) is 0.640. The van der Waals surface area contributed by atoms with Crippen LogP contribution in [0.2, 0.25) is 0 Å². The van der Waals surface area contributed by atoms with Crippen molar-refractivity contribution in [1.82, 2.24) is 0 Å². The molecule has 20 heavy (non-hydrogen) atoms. The molecule has 0 atom stereocenters. The van der Waals surface area contributed by atoms with Crippen LogP contribution in [0, 0.1) is 10.1 Å². The number of nitrogens with zero attached hydrogens (tertiary/aromatic N) is 1. The molecule has 1 heterocycles. The van der Waals surface area contributed by atoms with Crippen LogP contribution in [-0.2, 0) is 0 Å². The largest absolute Gasteiger partial charge is 0.487 e. The molecular weight excluding hydrogens is 276 g/mol. The minimum absolute atomic E-state index is 0.0307. The highest BCUT2D eigenvalue weighted by Crippen LogP contribution is 2.31. The molecule has 0 aromatic heterocycles. The molecule has 1 saturated heterocycles. The summed E-state index contributed by atoms with van der Waals surface area (Å²) in [7, 11) is 0. The zero-order chi connectivity index (χ0) is 14.4. The predicted molar refractivity (Wildman–Crippen MR) is 82.9 cm³/mol. The van der Waals surface area contributed by atoms with E-state index in [9.17, 15) is 10.1 Å². The summed E-state index contributed by atoms with van der Waals surface area (Å²) in [6.45, 7) is 2.47. The SMILES string of the molecule is CCCOc1cc(NC2CCSCC2)ccc1[N+](=O)[O-]. The van der Waals surface area contributed by atoms with Crippen LogP contribution in [0.15, 0.2) is 18.2 Å². The van der Waals surface area contributed by atoms with Crippen LogP contribution < -0.4 is 10.1 Å². The van der Waals surface area contributed by atoms with Gasteiger partial charge >= 0.3 is 5.69 Å². The molecule has 0 aliphatic carbocycles. The van der Waals surface area contributed by atoms with Gasteiger partial charge in [0.15, 0.2) is 5.75 Å². The Balaban J connectivity index is 2.10. The fourth-order valence-electron chi connectivity index (χ4n) is 2.16. The summed E-state index contributed by atoms with van der Waals surface area (Å²) in [5, 5.41) is 14.4. The van der Waals surface area contributed by atoms with Gasteiger partial charge in [0.25, 0.3) is 0 Å². The van der Waals surface area contributed by atoms with Gasteiger partial charge in [0.2, 0.25) is 0 Å². The predicted octanol–water partition coefficient (Wildman–Crippen LogP) is 3.69. The van der Waals surface area contributed by atoms with E-state index in [0.29, 0.717) is 18.4 Å². The van der Waals surface area contributed by atoms with E-state index in [1.54, 1.807) is 12.1 Å². The van der Waals surface area contributed by atoms with Crippen molar-refractivity contribution in [2.75, 3.05) is 23.4 Å². The maximum atomic E-state index is 11.0. The summed E-state index contributed by atoms with van der Waals surface area (Å²) in [5.41, 5.74) is 0.932. The van der Waals surface area contributed by atoms with Gasteiger partial charge in [0.05, 0.1) is 11.5 Å². The second kappa shape index (κ2) is 7.38. The number of nitro groups is 1. The van der Waals surface area contributed by atoms with Crippen molar-refractivity contribution >= 4 is 23.1 Å². The van der Waals surface area contributed by atoms with Crippen LogP contribution in [0.1, 0.15) is 26.2 Å². The molecule has 1 fully saturated rings.